The van der Waals surface area contributed by atoms with Crippen LogP contribution >= 0.6 is 0 Å². The maximum Gasteiger partial charge on any atom is 0.0769 e. The number of likely N-dealkylation sites (N-methyl/N-ethyl adjacent to an activating group) is 1. The van der Waals surface area contributed by atoms with Gasteiger partial charge in [0.1, 0.15) is 0 Å². The molecule has 0 heterocycles. The van der Waals surface area contributed by atoms with Crippen molar-refractivity contribution in [2.45, 2.75) is 44.8 Å². The first kappa shape index (κ1) is 15.5. The summed E-state index contributed by atoms with van der Waals surface area (Å²) in [6.45, 7) is 4.68. The minimum Gasteiger partial charge on any atom is -0.385 e. The lowest BCUT2D eigenvalue weighted by Gasteiger charge is -2.27. The molecule has 0 aromatic heterocycles. The molecular weight excluding hydrogens is 250 g/mol. The summed E-state index contributed by atoms with van der Waals surface area (Å²) in [5.41, 5.74) is 2.89. The molecule has 0 spiro atoms. The minimum absolute atomic E-state index is 0.274. The predicted molar refractivity (Wildman–Crippen MR) is 82.0 cm³/mol. The van der Waals surface area contributed by atoms with Crippen LogP contribution in [0.15, 0.2) is 24.3 Å². The molecule has 1 N–H and O–H groups in total. The van der Waals surface area contributed by atoms with E-state index in [0.29, 0.717) is 6.04 Å². The smallest absolute Gasteiger partial charge is 0.0769 e. The lowest BCUT2D eigenvalue weighted by Crippen LogP contribution is -2.34. The molecule has 2 rings (SSSR count). The molecule has 0 saturated carbocycles. The zero-order valence-electron chi connectivity index (χ0n) is 12.7. The zero-order chi connectivity index (χ0) is 14.2. The largest absolute Gasteiger partial charge is 0.385 e. The Hall–Kier alpha value is -0.900. The molecule has 0 amide bonds. The number of fused-ring (bicyclic) bond motifs is 1. The highest BCUT2D eigenvalue weighted by Crippen LogP contribution is 2.30. The molecule has 1 aliphatic carbocycles. The highest BCUT2D eigenvalue weighted by Gasteiger charge is 2.27. The third-order valence-corrected chi connectivity index (χ3v) is 3.95. The van der Waals surface area contributed by atoms with E-state index in [1.54, 1.807) is 7.11 Å². The molecule has 3 heteroatoms. The van der Waals surface area contributed by atoms with Crippen LogP contribution < -0.4 is 5.32 Å². The van der Waals surface area contributed by atoms with Crippen molar-refractivity contribution in [1.29, 1.82) is 0 Å². The van der Waals surface area contributed by atoms with Crippen molar-refractivity contribution in [3.8, 4) is 0 Å². The van der Waals surface area contributed by atoms with Crippen molar-refractivity contribution in [3.05, 3.63) is 35.4 Å². The summed E-state index contributed by atoms with van der Waals surface area (Å²) in [6, 6.07) is 9.10. The highest BCUT2D eigenvalue weighted by atomic mass is 16.5. The van der Waals surface area contributed by atoms with E-state index in [2.05, 4.69) is 36.5 Å². The number of rotatable bonds is 7. The van der Waals surface area contributed by atoms with E-state index in [-0.39, 0.29) is 6.10 Å². The molecule has 0 saturated heterocycles. The first-order valence-corrected chi connectivity index (χ1v) is 7.78. The van der Waals surface area contributed by atoms with E-state index in [1.165, 1.54) is 17.5 Å². The van der Waals surface area contributed by atoms with E-state index < -0.39 is 0 Å². The molecule has 2 atom stereocenters. The number of aryl methyl sites for hydroxylation is 1. The SMILES string of the molecule is CCNC1c2ccccc2CCCC1OCCCOC. The fraction of sp³-hybridized carbons (Fsp3) is 0.647. The minimum atomic E-state index is 0.274. The Morgan fingerprint density at radius 3 is 2.90 bits per heavy atom. The van der Waals surface area contributed by atoms with Gasteiger partial charge in [-0.2, -0.15) is 0 Å². The Balaban J connectivity index is 2.06. The van der Waals surface area contributed by atoms with Gasteiger partial charge in [0, 0.05) is 20.3 Å². The van der Waals surface area contributed by atoms with Gasteiger partial charge in [-0.25, -0.2) is 0 Å². The number of ether oxygens (including phenoxy) is 2. The molecule has 0 radical (unpaired) electrons. The van der Waals surface area contributed by atoms with E-state index in [9.17, 15) is 0 Å². The second kappa shape index (κ2) is 8.40. The van der Waals surface area contributed by atoms with Gasteiger partial charge in [-0.05, 0) is 43.4 Å². The molecule has 0 aliphatic heterocycles. The van der Waals surface area contributed by atoms with Crippen LogP contribution in [0.2, 0.25) is 0 Å². The Morgan fingerprint density at radius 1 is 1.25 bits per heavy atom. The number of benzene rings is 1. The number of hydrogen-bond donors (Lipinski definition) is 1. The van der Waals surface area contributed by atoms with Crippen molar-refractivity contribution in [3.63, 3.8) is 0 Å². The lowest BCUT2D eigenvalue weighted by atomic mass is 9.97. The summed E-state index contributed by atoms with van der Waals surface area (Å²) < 4.78 is 11.2. The summed E-state index contributed by atoms with van der Waals surface area (Å²) >= 11 is 0. The third kappa shape index (κ3) is 4.05. The molecule has 1 aliphatic rings. The van der Waals surface area contributed by atoms with Gasteiger partial charge in [0.05, 0.1) is 12.1 Å². The molecule has 0 fully saturated rings. The zero-order valence-corrected chi connectivity index (χ0v) is 12.7. The van der Waals surface area contributed by atoms with Gasteiger partial charge in [0.15, 0.2) is 0 Å². The fourth-order valence-electron chi connectivity index (χ4n) is 3.00. The first-order valence-electron chi connectivity index (χ1n) is 7.78. The fourth-order valence-corrected chi connectivity index (χ4v) is 3.00. The first-order chi connectivity index (χ1) is 9.86. The van der Waals surface area contributed by atoms with Gasteiger partial charge in [-0.1, -0.05) is 31.2 Å². The lowest BCUT2D eigenvalue weighted by molar-refractivity contribution is 0.0117. The van der Waals surface area contributed by atoms with Crippen LogP contribution in [0.3, 0.4) is 0 Å². The Kier molecular flexibility index (Phi) is 6.51. The third-order valence-electron chi connectivity index (χ3n) is 3.95. The number of methoxy groups -OCH3 is 1. The highest BCUT2D eigenvalue weighted by molar-refractivity contribution is 5.32. The van der Waals surface area contributed by atoms with E-state index in [1.807, 2.05) is 0 Å². The van der Waals surface area contributed by atoms with Gasteiger partial charge in [0.25, 0.3) is 0 Å². The van der Waals surface area contributed by atoms with Crippen LogP contribution in [0.1, 0.15) is 43.4 Å². The van der Waals surface area contributed by atoms with Crippen LogP contribution in [-0.4, -0.2) is 33.0 Å². The average molecular weight is 277 g/mol. The number of hydrogen-bond acceptors (Lipinski definition) is 3. The molecule has 112 valence electrons. The molecular formula is C17H27NO2. The molecule has 3 nitrogen and oxygen atoms in total. The Bertz CT molecular complexity index is 394. The van der Waals surface area contributed by atoms with Crippen molar-refractivity contribution in [2.24, 2.45) is 0 Å². The maximum absolute atomic E-state index is 6.14. The topological polar surface area (TPSA) is 30.5 Å². The van der Waals surface area contributed by atoms with Gasteiger partial charge < -0.3 is 14.8 Å². The summed E-state index contributed by atoms with van der Waals surface area (Å²) in [6.07, 6.45) is 4.73. The summed E-state index contributed by atoms with van der Waals surface area (Å²) in [7, 11) is 1.74. The van der Waals surface area contributed by atoms with Crippen molar-refractivity contribution in [1.82, 2.24) is 5.32 Å². The van der Waals surface area contributed by atoms with Gasteiger partial charge >= 0.3 is 0 Å². The monoisotopic (exact) mass is 277 g/mol. The second-order valence-corrected chi connectivity index (χ2v) is 5.38. The molecule has 0 bridgehead atoms. The van der Waals surface area contributed by atoms with Gasteiger partial charge in [0.2, 0.25) is 0 Å². The number of nitrogens with one attached hydrogen (secondary N) is 1. The van der Waals surface area contributed by atoms with Crippen molar-refractivity contribution < 1.29 is 9.47 Å². The summed E-state index contributed by atoms with van der Waals surface area (Å²) in [5.74, 6) is 0. The molecule has 1 aromatic rings. The quantitative estimate of drug-likeness (QED) is 0.613. The molecule has 1 aromatic carbocycles. The second-order valence-electron chi connectivity index (χ2n) is 5.38. The van der Waals surface area contributed by atoms with E-state index in [4.69, 9.17) is 9.47 Å². The van der Waals surface area contributed by atoms with Crippen LogP contribution in [0.25, 0.3) is 0 Å². The summed E-state index contributed by atoms with van der Waals surface area (Å²) in [4.78, 5) is 0. The van der Waals surface area contributed by atoms with Crippen molar-refractivity contribution >= 4 is 0 Å². The van der Waals surface area contributed by atoms with E-state index >= 15 is 0 Å². The van der Waals surface area contributed by atoms with Crippen molar-refractivity contribution in [2.75, 3.05) is 26.9 Å². The normalized spacial score (nSPS) is 22.3. The van der Waals surface area contributed by atoms with Crippen LogP contribution in [-0.2, 0) is 15.9 Å². The Labute approximate surface area is 122 Å². The maximum atomic E-state index is 6.14. The molecule has 20 heavy (non-hydrogen) atoms. The predicted octanol–water partition coefficient (Wildman–Crippen LogP) is 3.10. The standard InChI is InChI=1S/C17H27NO2/c1-3-18-17-15-10-5-4-8-14(15)9-6-11-16(17)20-13-7-12-19-2/h4-5,8,10,16-18H,3,6-7,9,11-13H2,1-2H3. The summed E-state index contributed by atoms with van der Waals surface area (Å²) in [5, 5.41) is 3.62. The van der Waals surface area contributed by atoms with Crippen LogP contribution in [0, 0.1) is 0 Å². The van der Waals surface area contributed by atoms with Crippen LogP contribution in [0.4, 0.5) is 0 Å². The average Bonchev–Trinajstić information content (AvgIpc) is 2.64. The van der Waals surface area contributed by atoms with Gasteiger partial charge in [-0.3, -0.25) is 0 Å². The Morgan fingerprint density at radius 2 is 2.10 bits per heavy atom. The molecule has 2 unspecified atom stereocenters. The van der Waals surface area contributed by atoms with Crippen LogP contribution in [0.5, 0.6) is 0 Å². The van der Waals surface area contributed by atoms with E-state index in [0.717, 1.165) is 39.0 Å². The van der Waals surface area contributed by atoms with Gasteiger partial charge in [-0.15, -0.1) is 0 Å².